The van der Waals surface area contributed by atoms with Crippen molar-refractivity contribution in [3.8, 4) is 5.75 Å². The number of benzene rings is 2. The Kier molecular flexibility index (Phi) is 6.73. The lowest BCUT2D eigenvalue weighted by Gasteiger charge is -2.07. The third-order valence-corrected chi connectivity index (χ3v) is 4.93. The summed E-state index contributed by atoms with van der Waals surface area (Å²) < 4.78 is 5.09. The second kappa shape index (κ2) is 9.43. The SMILES string of the molecule is COc1ccc(NC(=O)Cc2cc(=O)[nH]c(SCc3cccc(Cl)c3)n2)cc1. The number of methoxy groups -OCH3 is 1. The van der Waals surface area contributed by atoms with E-state index in [4.69, 9.17) is 16.3 Å². The van der Waals surface area contributed by atoms with Crippen molar-refractivity contribution in [2.45, 2.75) is 17.3 Å². The number of carbonyl (C=O) groups excluding carboxylic acids is 1. The number of nitrogens with zero attached hydrogens (tertiary/aromatic N) is 1. The van der Waals surface area contributed by atoms with Gasteiger partial charge in [-0.2, -0.15) is 0 Å². The average molecular weight is 416 g/mol. The van der Waals surface area contributed by atoms with E-state index >= 15 is 0 Å². The number of ether oxygens (including phenoxy) is 1. The van der Waals surface area contributed by atoms with Gasteiger partial charge in [-0.3, -0.25) is 9.59 Å². The predicted octanol–water partition coefficient (Wildman–Crippen LogP) is 3.91. The molecule has 0 radical (unpaired) electrons. The first kappa shape index (κ1) is 20.0. The number of hydrogen-bond donors (Lipinski definition) is 2. The highest BCUT2D eigenvalue weighted by atomic mass is 35.5. The summed E-state index contributed by atoms with van der Waals surface area (Å²) in [4.78, 5) is 31.2. The summed E-state index contributed by atoms with van der Waals surface area (Å²) in [6.07, 6.45) is 0.000669. The van der Waals surface area contributed by atoms with Gasteiger partial charge in [-0.1, -0.05) is 35.5 Å². The standard InChI is InChI=1S/C20H18ClN3O3S/c1-27-17-7-5-15(6-8-17)22-18(25)10-16-11-19(26)24-20(23-16)28-12-13-3-2-4-14(21)9-13/h2-9,11H,10,12H2,1H3,(H,22,25)(H,23,24,26). The zero-order valence-electron chi connectivity index (χ0n) is 15.1. The Balaban J connectivity index is 1.63. The summed E-state index contributed by atoms with van der Waals surface area (Å²) in [5.41, 5.74) is 1.77. The lowest BCUT2D eigenvalue weighted by atomic mass is 10.2. The zero-order valence-corrected chi connectivity index (χ0v) is 16.6. The summed E-state index contributed by atoms with van der Waals surface area (Å²) in [7, 11) is 1.58. The highest BCUT2D eigenvalue weighted by Gasteiger charge is 2.09. The maximum Gasteiger partial charge on any atom is 0.251 e. The Hall–Kier alpha value is -2.77. The number of rotatable bonds is 7. The van der Waals surface area contributed by atoms with E-state index in [0.29, 0.717) is 33.1 Å². The van der Waals surface area contributed by atoms with Gasteiger partial charge in [-0.05, 0) is 42.0 Å². The van der Waals surface area contributed by atoms with Crippen molar-refractivity contribution in [3.05, 3.63) is 81.2 Å². The molecule has 0 aliphatic rings. The Labute approximate surface area is 171 Å². The quantitative estimate of drug-likeness (QED) is 0.451. The number of aromatic amines is 1. The van der Waals surface area contributed by atoms with Crippen LogP contribution in [0.1, 0.15) is 11.3 Å². The minimum absolute atomic E-state index is 0.000669. The maximum absolute atomic E-state index is 12.3. The lowest BCUT2D eigenvalue weighted by molar-refractivity contribution is -0.115. The van der Waals surface area contributed by atoms with Gasteiger partial charge in [0.25, 0.3) is 5.56 Å². The lowest BCUT2D eigenvalue weighted by Crippen LogP contribution is -2.18. The van der Waals surface area contributed by atoms with E-state index < -0.39 is 0 Å². The van der Waals surface area contributed by atoms with Crippen LogP contribution in [0.3, 0.4) is 0 Å². The molecule has 0 spiro atoms. The molecule has 144 valence electrons. The van der Waals surface area contributed by atoms with Crippen molar-refractivity contribution in [2.24, 2.45) is 0 Å². The normalized spacial score (nSPS) is 10.5. The molecule has 0 aliphatic heterocycles. The Morgan fingerprint density at radius 1 is 1.21 bits per heavy atom. The van der Waals surface area contributed by atoms with E-state index in [-0.39, 0.29) is 17.9 Å². The van der Waals surface area contributed by atoms with E-state index in [1.54, 1.807) is 37.4 Å². The fourth-order valence-corrected chi connectivity index (χ4v) is 3.52. The van der Waals surface area contributed by atoms with Gasteiger partial charge >= 0.3 is 0 Å². The van der Waals surface area contributed by atoms with E-state index in [1.807, 2.05) is 18.2 Å². The van der Waals surface area contributed by atoms with E-state index in [2.05, 4.69) is 15.3 Å². The number of nitrogens with one attached hydrogen (secondary N) is 2. The fraction of sp³-hybridized carbons (Fsp3) is 0.150. The Bertz CT molecular complexity index is 1020. The minimum Gasteiger partial charge on any atom is -0.497 e. The summed E-state index contributed by atoms with van der Waals surface area (Å²) >= 11 is 7.36. The molecule has 28 heavy (non-hydrogen) atoms. The minimum atomic E-state index is -0.296. The molecule has 8 heteroatoms. The van der Waals surface area contributed by atoms with E-state index in [0.717, 1.165) is 5.56 Å². The number of carbonyl (C=O) groups is 1. The van der Waals surface area contributed by atoms with Crippen LogP contribution in [0.15, 0.2) is 64.5 Å². The molecule has 0 atom stereocenters. The smallest absolute Gasteiger partial charge is 0.251 e. The first-order valence-electron chi connectivity index (χ1n) is 8.43. The molecule has 0 aliphatic carbocycles. The molecule has 1 amide bonds. The molecule has 6 nitrogen and oxygen atoms in total. The van der Waals surface area contributed by atoms with Crippen LogP contribution in [0.2, 0.25) is 5.02 Å². The van der Waals surface area contributed by atoms with Crippen LogP contribution in [-0.2, 0) is 17.0 Å². The second-order valence-electron chi connectivity index (χ2n) is 5.91. The van der Waals surface area contributed by atoms with Crippen LogP contribution < -0.4 is 15.6 Å². The van der Waals surface area contributed by atoms with Crippen LogP contribution in [-0.4, -0.2) is 23.0 Å². The molecule has 0 saturated heterocycles. The molecule has 1 aromatic heterocycles. The number of aromatic nitrogens is 2. The van der Waals surface area contributed by atoms with Crippen LogP contribution >= 0.6 is 23.4 Å². The molecule has 2 aromatic carbocycles. The number of amides is 1. The molecule has 0 saturated carbocycles. The van der Waals surface area contributed by atoms with Gasteiger partial charge in [-0.25, -0.2) is 4.98 Å². The highest BCUT2D eigenvalue weighted by Crippen LogP contribution is 2.21. The van der Waals surface area contributed by atoms with Crippen LogP contribution in [0.25, 0.3) is 0 Å². The first-order valence-corrected chi connectivity index (χ1v) is 9.79. The van der Waals surface area contributed by atoms with Crippen LogP contribution in [0.5, 0.6) is 5.75 Å². The third kappa shape index (κ3) is 5.87. The molecule has 3 aromatic rings. The van der Waals surface area contributed by atoms with Gasteiger partial charge in [0, 0.05) is 22.5 Å². The number of hydrogen-bond acceptors (Lipinski definition) is 5. The molecule has 3 rings (SSSR count). The first-order chi connectivity index (χ1) is 13.5. The highest BCUT2D eigenvalue weighted by molar-refractivity contribution is 7.98. The monoisotopic (exact) mass is 415 g/mol. The van der Waals surface area contributed by atoms with Gasteiger partial charge in [0.2, 0.25) is 5.91 Å². The van der Waals surface area contributed by atoms with Gasteiger partial charge in [0.1, 0.15) is 5.75 Å². The predicted molar refractivity (Wildman–Crippen MR) is 111 cm³/mol. The van der Waals surface area contributed by atoms with Gasteiger partial charge < -0.3 is 15.0 Å². The van der Waals surface area contributed by atoms with Gasteiger partial charge in [-0.15, -0.1) is 0 Å². The Morgan fingerprint density at radius 3 is 2.71 bits per heavy atom. The van der Waals surface area contributed by atoms with Crippen LogP contribution in [0.4, 0.5) is 5.69 Å². The molecule has 0 fully saturated rings. The number of halogens is 1. The second-order valence-corrected chi connectivity index (χ2v) is 7.31. The summed E-state index contributed by atoms with van der Waals surface area (Å²) in [6, 6.07) is 15.8. The van der Waals surface area contributed by atoms with Crippen molar-refractivity contribution >= 4 is 35.0 Å². The molecule has 0 unspecified atom stereocenters. The van der Waals surface area contributed by atoms with Crippen molar-refractivity contribution in [1.82, 2.24) is 9.97 Å². The number of anilines is 1. The van der Waals surface area contributed by atoms with Gasteiger partial charge in [0.05, 0.1) is 19.2 Å². The van der Waals surface area contributed by atoms with Crippen molar-refractivity contribution in [1.29, 1.82) is 0 Å². The van der Waals surface area contributed by atoms with Crippen LogP contribution in [0, 0.1) is 0 Å². The van der Waals surface area contributed by atoms with Crippen molar-refractivity contribution in [2.75, 3.05) is 12.4 Å². The summed E-state index contributed by atoms with van der Waals surface area (Å²) in [5, 5.41) is 3.89. The summed E-state index contributed by atoms with van der Waals surface area (Å²) in [5.74, 6) is 1.05. The fourth-order valence-electron chi connectivity index (χ4n) is 2.46. The number of H-pyrrole nitrogens is 1. The average Bonchev–Trinajstić information content (AvgIpc) is 2.66. The molecular weight excluding hydrogens is 398 g/mol. The van der Waals surface area contributed by atoms with Gasteiger partial charge in [0.15, 0.2) is 5.16 Å². The zero-order chi connectivity index (χ0) is 19.9. The molecule has 0 bridgehead atoms. The van der Waals surface area contributed by atoms with E-state index in [1.165, 1.54) is 17.8 Å². The number of thioether (sulfide) groups is 1. The van der Waals surface area contributed by atoms with Crippen molar-refractivity contribution < 1.29 is 9.53 Å². The summed E-state index contributed by atoms with van der Waals surface area (Å²) in [6.45, 7) is 0. The Morgan fingerprint density at radius 2 is 2.00 bits per heavy atom. The maximum atomic E-state index is 12.3. The largest absolute Gasteiger partial charge is 0.497 e. The van der Waals surface area contributed by atoms with Crippen molar-refractivity contribution in [3.63, 3.8) is 0 Å². The third-order valence-electron chi connectivity index (χ3n) is 3.75. The topological polar surface area (TPSA) is 84.1 Å². The molecule has 2 N–H and O–H groups in total. The molecular formula is C20H18ClN3O3S. The molecule has 1 heterocycles. The van der Waals surface area contributed by atoms with E-state index in [9.17, 15) is 9.59 Å².